The molecule has 0 spiro atoms. The van der Waals surface area contributed by atoms with Gasteiger partial charge in [-0.15, -0.1) is 11.3 Å². The number of thiazole rings is 1. The predicted octanol–water partition coefficient (Wildman–Crippen LogP) is 3.63. The average molecular weight is 397 g/mol. The van der Waals surface area contributed by atoms with Gasteiger partial charge >= 0.3 is 0 Å². The minimum absolute atomic E-state index is 0.0304. The van der Waals surface area contributed by atoms with E-state index in [9.17, 15) is 9.59 Å². The Morgan fingerprint density at radius 1 is 1.14 bits per heavy atom. The van der Waals surface area contributed by atoms with E-state index in [4.69, 9.17) is 0 Å². The highest BCUT2D eigenvalue weighted by Gasteiger charge is 2.27. The Morgan fingerprint density at radius 2 is 1.89 bits per heavy atom. The van der Waals surface area contributed by atoms with E-state index in [0.29, 0.717) is 18.7 Å². The number of hydrogen-bond donors (Lipinski definition) is 0. The topological polar surface area (TPSA) is 68.1 Å². The standard InChI is InChI=1S/C21H24N4O2S/c1-21(2,3)18-6-7-19(26)25(23-18)15-8-10-24(11-9-15)20(27)14-4-5-16-17(12-14)28-13-22-16/h4-7,12-13,15H,8-11H2,1-3H3. The highest BCUT2D eigenvalue weighted by Crippen LogP contribution is 2.25. The van der Waals surface area contributed by atoms with Gasteiger partial charge in [-0.2, -0.15) is 5.10 Å². The zero-order valence-electron chi connectivity index (χ0n) is 16.4. The molecule has 1 aliphatic rings. The van der Waals surface area contributed by atoms with Gasteiger partial charge in [0.2, 0.25) is 0 Å². The molecule has 0 atom stereocenters. The summed E-state index contributed by atoms with van der Waals surface area (Å²) in [6, 6.07) is 9.11. The van der Waals surface area contributed by atoms with Crippen LogP contribution in [0.5, 0.6) is 0 Å². The van der Waals surface area contributed by atoms with Crippen LogP contribution in [-0.4, -0.2) is 38.7 Å². The van der Waals surface area contributed by atoms with Crippen molar-refractivity contribution < 1.29 is 4.79 Å². The van der Waals surface area contributed by atoms with Crippen LogP contribution in [0.15, 0.2) is 40.6 Å². The molecule has 1 saturated heterocycles. The zero-order chi connectivity index (χ0) is 19.9. The van der Waals surface area contributed by atoms with Gasteiger partial charge in [0.15, 0.2) is 0 Å². The van der Waals surface area contributed by atoms with Crippen LogP contribution in [0, 0.1) is 0 Å². The third kappa shape index (κ3) is 3.58. The van der Waals surface area contributed by atoms with Crippen LogP contribution in [-0.2, 0) is 5.41 Å². The fourth-order valence-corrected chi connectivity index (χ4v) is 4.29. The number of carbonyl (C=O) groups is 1. The SMILES string of the molecule is CC(C)(C)c1ccc(=O)n(C2CCN(C(=O)c3ccc4ncsc4c3)CC2)n1. The third-order valence-corrected chi connectivity index (χ3v) is 6.06. The first-order chi connectivity index (χ1) is 13.3. The lowest BCUT2D eigenvalue weighted by atomic mass is 9.92. The zero-order valence-corrected chi connectivity index (χ0v) is 17.2. The van der Waals surface area contributed by atoms with Gasteiger partial charge in [-0.1, -0.05) is 20.8 Å². The molecule has 28 heavy (non-hydrogen) atoms. The number of piperidine rings is 1. The molecule has 0 bridgehead atoms. The summed E-state index contributed by atoms with van der Waals surface area (Å²) in [5, 5.41) is 4.62. The van der Waals surface area contributed by atoms with Crippen molar-refractivity contribution in [2.75, 3.05) is 13.1 Å². The highest BCUT2D eigenvalue weighted by molar-refractivity contribution is 7.16. The number of likely N-dealkylation sites (tertiary alicyclic amines) is 1. The average Bonchev–Trinajstić information content (AvgIpc) is 3.15. The van der Waals surface area contributed by atoms with Crippen molar-refractivity contribution in [2.45, 2.75) is 45.1 Å². The van der Waals surface area contributed by atoms with Crippen molar-refractivity contribution in [3.8, 4) is 0 Å². The second-order valence-corrected chi connectivity index (χ2v) is 9.20. The number of hydrogen-bond acceptors (Lipinski definition) is 5. The summed E-state index contributed by atoms with van der Waals surface area (Å²) in [5.41, 5.74) is 4.13. The summed E-state index contributed by atoms with van der Waals surface area (Å²) in [6.45, 7) is 7.51. The maximum Gasteiger partial charge on any atom is 0.267 e. The molecule has 4 rings (SSSR count). The van der Waals surface area contributed by atoms with Crippen LogP contribution >= 0.6 is 11.3 Å². The van der Waals surface area contributed by atoms with E-state index < -0.39 is 0 Å². The van der Waals surface area contributed by atoms with Crippen LogP contribution < -0.4 is 5.56 Å². The Kier molecular flexibility index (Phi) is 4.79. The number of nitrogens with zero attached hydrogens (tertiary/aromatic N) is 4. The van der Waals surface area contributed by atoms with Crippen molar-refractivity contribution in [1.29, 1.82) is 0 Å². The Hall–Kier alpha value is -2.54. The van der Waals surface area contributed by atoms with E-state index in [2.05, 4.69) is 30.9 Å². The van der Waals surface area contributed by atoms with Gasteiger partial charge < -0.3 is 4.90 Å². The summed E-state index contributed by atoms with van der Waals surface area (Å²) < 4.78 is 2.64. The van der Waals surface area contributed by atoms with E-state index in [0.717, 1.165) is 28.8 Å². The first-order valence-electron chi connectivity index (χ1n) is 9.56. The monoisotopic (exact) mass is 396 g/mol. The molecular formula is C21H24N4O2S. The maximum atomic E-state index is 12.9. The van der Waals surface area contributed by atoms with Crippen LogP contribution in [0.25, 0.3) is 10.2 Å². The third-order valence-electron chi connectivity index (χ3n) is 5.27. The van der Waals surface area contributed by atoms with Gasteiger partial charge in [0, 0.05) is 30.1 Å². The molecule has 146 valence electrons. The normalized spacial score (nSPS) is 15.9. The quantitative estimate of drug-likeness (QED) is 0.663. The van der Waals surface area contributed by atoms with Gasteiger partial charge in [-0.05, 0) is 37.1 Å². The van der Waals surface area contributed by atoms with E-state index in [1.807, 2.05) is 29.2 Å². The first kappa shape index (κ1) is 18.8. The van der Waals surface area contributed by atoms with E-state index in [1.165, 1.54) is 11.3 Å². The van der Waals surface area contributed by atoms with Gasteiger partial charge in [-0.3, -0.25) is 9.59 Å². The van der Waals surface area contributed by atoms with Crippen molar-refractivity contribution in [2.24, 2.45) is 0 Å². The Bertz CT molecular complexity index is 1070. The van der Waals surface area contributed by atoms with Gasteiger partial charge in [-0.25, -0.2) is 9.67 Å². The molecule has 3 aromatic rings. The molecule has 0 unspecified atom stereocenters. The minimum Gasteiger partial charge on any atom is -0.338 e. The molecule has 6 nitrogen and oxygen atoms in total. The van der Waals surface area contributed by atoms with E-state index in [-0.39, 0.29) is 22.9 Å². The molecule has 2 aromatic heterocycles. The number of fused-ring (bicyclic) bond motifs is 1. The lowest BCUT2D eigenvalue weighted by Gasteiger charge is -2.33. The number of amides is 1. The Labute approximate surface area is 167 Å². The smallest absolute Gasteiger partial charge is 0.267 e. The molecule has 7 heteroatoms. The molecular weight excluding hydrogens is 372 g/mol. The maximum absolute atomic E-state index is 12.9. The van der Waals surface area contributed by atoms with Crippen molar-refractivity contribution in [3.05, 3.63) is 57.5 Å². The molecule has 0 aliphatic carbocycles. The van der Waals surface area contributed by atoms with Crippen LogP contribution in [0.2, 0.25) is 0 Å². The van der Waals surface area contributed by atoms with Crippen LogP contribution in [0.3, 0.4) is 0 Å². The largest absolute Gasteiger partial charge is 0.338 e. The summed E-state index contributed by atoms with van der Waals surface area (Å²) in [4.78, 5) is 31.4. The molecule has 1 fully saturated rings. The fraction of sp³-hybridized carbons (Fsp3) is 0.429. The number of carbonyl (C=O) groups excluding carboxylic acids is 1. The van der Waals surface area contributed by atoms with Crippen molar-refractivity contribution in [3.63, 3.8) is 0 Å². The second-order valence-electron chi connectivity index (χ2n) is 8.31. The molecule has 1 aliphatic heterocycles. The van der Waals surface area contributed by atoms with Crippen LogP contribution in [0.4, 0.5) is 0 Å². The predicted molar refractivity (Wildman–Crippen MR) is 111 cm³/mol. The highest BCUT2D eigenvalue weighted by atomic mass is 32.1. The summed E-state index contributed by atoms with van der Waals surface area (Å²) >= 11 is 1.54. The first-order valence-corrected chi connectivity index (χ1v) is 10.4. The van der Waals surface area contributed by atoms with E-state index in [1.54, 1.807) is 16.3 Å². The Morgan fingerprint density at radius 3 is 2.61 bits per heavy atom. The molecule has 3 heterocycles. The lowest BCUT2D eigenvalue weighted by molar-refractivity contribution is 0.0687. The van der Waals surface area contributed by atoms with Crippen molar-refractivity contribution in [1.82, 2.24) is 19.7 Å². The molecule has 0 N–H and O–H groups in total. The molecule has 0 saturated carbocycles. The summed E-state index contributed by atoms with van der Waals surface area (Å²) in [5.74, 6) is 0.0394. The summed E-state index contributed by atoms with van der Waals surface area (Å²) in [7, 11) is 0. The van der Waals surface area contributed by atoms with Gasteiger partial charge in [0.1, 0.15) is 0 Å². The number of aromatic nitrogens is 3. The molecule has 1 aromatic carbocycles. The van der Waals surface area contributed by atoms with Gasteiger partial charge in [0.05, 0.1) is 27.5 Å². The van der Waals surface area contributed by atoms with Crippen molar-refractivity contribution >= 4 is 27.5 Å². The fourth-order valence-electron chi connectivity index (χ4n) is 3.57. The number of benzene rings is 1. The molecule has 1 amide bonds. The lowest BCUT2D eigenvalue weighted by Crippen LogP contribution is -2.41. The molecule has 0 radical (unpaired) electrons. The Balaban J connectivity index is 1.49. The van der Waals surface area contributed by atoms with Gasteiger partial charge in [0.25, 0.3) is 11.5 Å². The second kappa shape index (κ2) is 7.13. The number of rotatable bonds is 2. The minimum atomic E-state index is -0.110. The van der Waals surface area contributed by atoms with E-state index >= 15 is 0 Å². The summed E-state index contributed by atoms with van der Waals surface area (Å²) in [6.07, 6.45) is 1.46. The van der Waals surface area contributed by atoms with Crippen LogP contribution in [0.1, 0.15) is 55.7 Å².